The van der Waals surface area contributed by atoms with E-state index >= 15 is 0 Å². The molecule has 13 heteroatoms. The number of aromatic nitrogens is 3. The van der Waals surface area contributed by atoms with Crippen molar-refractivity contribution in [3.63, 3.8) is 0 Å². The van der Waals surface area contributed by atoms with Gasteiger partial charge in [-0.15, -0.1) is 0 Å². The fraction of sp³-hybridized carbons (Fsp3) is 0.143. The summed E-state index contributed by atoms with van der Waals surface area (Å²) in [5, 5.41) is 10.0. The van der Waals surface area contributed by atoms with E-state index < -0.39 is 34.1 Å². The second kappa shape index (κ2) is 10.4. The van der Waals surface area contributed by atoms with E-state index in [0.717, 1.165) is 18.5 Å². The van der Waals surface area contributed by atoms with Crippen LogP contribution in [0.1, 0.15) is 17.1 Å². The normalized spacial score (nSPS) is 12.2. The molecule has 0 fully saturated rings. The molecule has 2 aromatic heterocycles. The van der Waals surface area contributed by atoms with Crippen LogP contribution in [0, 0.1) is 12.7 Å². The first kappa shape index (κ1) is 28.5. The molecule has 0 amide bonds. The topological polar surface area (TPSA) is 98.2 Å². The van der Waals surface area contributed by atoms with Crippen molar-refractivity contribution in [3.8, 4) is 39.4 Å². The van der Waals surface area contributed by atoms with E-state index in [9.17, 15) is 31.1 Å². The number of benzene rings is 3. The molecule has 0 aliphatic carbocycles. The fourth-order valence-electron chi connectivity index (χ4n) is 4.47. The molecule has 7 nitrogen and oxygen atoms in total. The monoisotopic (exact) mass is 605 g/mol. The smallest absolute Gasteiger partial charge is 0.434 e. The van der Waals surface area contributed by atoms with E-state index in [1.54, 1.807) is 30.3 Å². The summed E-state index contributed by atoms with van der Waals surface area (Å²) in [6, 6.07) is 13.5. The number of oxazole rings is 1. The summed E-state index contributed by atoms with van der Waals surface area (Å²) in [6.45, 7) is 0.584. The van der Waals surface area contributed by atoms with Crippen LogP contribution in [0.25, 0.3) is 39.4 Å². The van der Waals surface area contributed by atoms with Gasteiger partial charge in [-0.2, -0.15) is 13.2 Å². The molecule has 0 saturated carbocycles. The fourth-order valence-corrected chi connectivity index (χ4v) is 5.55. The molecule has 212 valence electrons. The second-order valence-electron chi connectivity index (χ2n) is 9.18. The number of aliphatic hydroxyl groups excluding tert-OH is 1. The van der Waals surface area contributed by atoms with E-state index in [0.29, 0.717) is 21.7 Å². The van der Waals surface area contributed by atoms with Crippen LogP contribution in [0.5, 0.6) is 0 Å². The first-order valence-corrected chi connectivity index (χ1v) is 14.2. The molecule has 5 aromatic rings. The van der Waals surface area contributed by atoms with Gasteiger partial charge in [-0.25, -0.2) is 22.8 Å². The molecule has 0 radical (unpaired) electrons. The van der Waals surface area contributed by atoms with Gasteiger partial charge in [0.05, 0.1) is 17.2 Å². The Morgan fingerprint density at radius 1 is 1.02 bits per heavy atom. The van der Waals surface area contributed by atoms with Gasteiger partial charge in [0.15, 0.2) is 27.7 Å². The Kier molecular flexibility index (Phi) is 7.26. The van der Waals surface area contributed by atoms with Crippen LogP contribution in [0.15, 0.2) is 76.5 Å². The average Bonchev–Trinajstić information content (AvgIpc) is 3.55. The Morgan fingerprint density at radius 2 is 1.71 bits per heavy atom. The van der Waals surface area contributed by atoms with Gasteiger partial charge in [0.1, 0.15) is 17.3 Å². The van der Waals surface area contributed by atoms with Gasteiger partial charge < -0.3 is 14.1 Å². The summed E-state index contributed by atoms with van der Waals surface area (Å²) in [7, 11) is -3.92. The number of aliphatic hydroxyl groups is 1. The lowest BCUT2D eigenvalue weighted by molar-refractivity contribution is -0.141. The third-order valence-electron chi connectivity index (χ3n) is 6.40. The standard InChI is InChI=1S/C28H20ClF4N3O4S/c1-15-35-25(28(31,32)33)12-36(15)23-8-5-17(18-10-22(30)21(13-37)24(11-18)41(2,38)39)9-20(23)26-27(40-14-34-26)16-3-6-19(29)7-4-16/h3-12,14,37H,13H2,1-2H3. The summed E-state index contributed by atoms with van der Waals surface area (Å²) in [5.41, 5.74) is 0.401. The molecule has 1 N–H and O–H groups in total. The predicted octanol–water partition coefficient (Wildman–Crippen LogP) is 6.88. The number of nitrogens with zero attached hydrogens (tertiary/aromatic N) is 3. The van der Waals surface area contributed by atoms with Crippen LogP contribution < -0.4 is 0 Å². The largest absolute Gasteiger partial charge is 0.443 e. The van der Waals surface area contributed by atoms with Crippen molar-refractivity contribution in [1.82, 2.24) is 14.5 Å². The molecule has 0 aliphatic heterocycles. The first-order chi connectivity index (χ1) is 19.3. The van der Waals surface area contributed by atoms with E-state index in [2.05, 4.69) is 9.97 Å². The van der Waals surface area contributed by atoms with Crippen molar-refractivity contribution in [1.29, 1.82) is 0 Å². The van der Waals surface area contributed by atoms with Crippen LogP contribution in [0.3, 0.4) is 0 Å². The Balaban J connectivity index is 1.78. The zero-order chi connectivity index (χ0) is 29.7. The Bertz CT molecular complexity index is 1880. The number of aryl methyl sites for hydroxylation is 1. The van der Waals surface area contributed by atoms with Gasteiger partial charge in [0.25, 0.3) is 0 Å². The van der Waals surface area contributed by atoms with Crippen molar-refractivity contribution < 1.29 is 35.5 Å². The van der Waals surface area contributed by atoms with Crippen molar-refractivity contribution >= 4 is 21.4 Å². The second-order valence-corrected chi connectivity index (χ2v) is 11.6. The molecule has 0 atom stereocenters. The van der Waals surface area contributed by atoms with E-state index in [4.69, 9.17) is 16.0 Å². The summed E-state index contributed by atoms with van der Waals surface area (Å²) in [6.07, 6.45) is -1.76. The highest BCUT2D eigenvalue weighted by Crippen LogP contribution is 2.39. The molecule has 0 saturated heterocycles. The number of hydrogen-bond donors (Lipinski definition) is 1. The number of hydrogen-bond acceptors (Lipinski definition) is 6. The maximum atomic E-state index is 14.9. The number of imidazole rings is 1. The van der Waals surface area contributed by atoms with Crippen molar-refractivity contribution in [2.24, 2.45) is 0 Å². The minimum absolute atomic E-state index is 0.0422. The van der Waals surface area contributed by atoms with Gasteiger partial charge in [-0.3, -0.25) is 0 Å². The highest BCUT2D eigenvalue weighted by atomic mass is 35.5. The summed E-state index contributed by atoms with van der Waals surface area (Å²) < 4.78 is 87.1. The predicted molar refractivity (Wildman–Crippen MR) is 144 cm³/mol. The lowest BCUT2D eigenvalue weighted by atomic mass is 9.97. The van der Waals surface area contributed by atoms with Crippen LogP contribution in [0.4, 0.5) is 17.6 Å². The minimum Gasteiger partial charge on any atom is -0.443 e. The van der Waals surface area contributed by atoms with E-state index in [1.165, 1.54) is 36.1 Å². The van der Waals surface area contributed by atoms with Gasteiger partial charge in [0, 0.05) is 34.2 Å². The molecule has 2 heterocycles. The molecular formula is C28H20ClF4N3O4S. The lowest BCUT2D eigenvalue weighted by Crippen LogP contribution is -2.06. The van der Waals surface area contributed by atoms with Gasteiger partial charge in [-0.05, 0) is 66.6 Å². The minimum atomic E-state index is -4.69. The molecule has 0 bridgehead atoms. The molecule has 0 unspecified atom stereocenters. The van der Waals surface area contributed by atoms with Crippen molar-refractivity contribution in [2.45, 2.75) is 24.6 Å². The number of sulfone groups is 1. The van der Waals surface area contributed by atoms with Crippen LogP contribution in [-0.2, 0) is 22.6 Å². The number of rotatable bonds is 6. The first-order valence-electron chi connectivity index (χ1n) is 11.9. The summed E-state index contributed by atoms with van der Waals surface area (Å²) in [5.74, 6) is -0.604. The highest BCUT2D eigenvalue weighted by Gasteiger charge is 2.35. The van der Waals surface area contributed by atoms with Crippen LogP contribution in [-0.4, -0.2) is 34.3 Å². The third-order valence-corrected chi connectivity index (χ3v) is 7.82. The van der Waals surface area contributed by atoms with Gasteiger partial charge >= 0.3 is 6.18 Å². The van der Waals surface area contributed by atoms with Crippen LogP contribution in [0.2, 0.25) is 5.02 Å². The van der Waals surface area contributed by atoms with Gasteiger partial charge in [0.2, 0.25) is 0 Å². The Hall–Kier alpha value is -4.00. The lowest BCUT2D eigenvalue weighted by Gasteiger charge is -2.15. The maximum absolute atomic E-state index is 14.9. The van der Waals surface area contributed by atoms with E-state index in [-0.39, 0.29) is 39.0 Å². The maximum Gasteiger partial charge on any atom is 0.434 e. The number of halogens is 5. The molecule has 5 rings (SSSR count). The van der Waals surface area contributed by atoms with Crippen LogP contribution >= 0.6 is 11.6 Å². The quantitative estimate of drug-likeness (QED) is 0.212. The SMILES string of the molecule is Cc1nc(C(F)(F)F)cn1-c1ccc(-c2cc(F)c(CO)c(S(C)(=O)=O)c2)cc1-c1ncoc1-c1ccc(Cl)cc1. The molecule has 0 spiro atoms. The summed E-state index contributed by atoms with van der Waals surface area (Å²) >= 11 is 6.02. The third kappa shape index (κ3) is 5.50. The highest BCUT2D eigenvalue weighted by molar-refractivity contribution is 7.90. The molecule has 0 aliphatic rings. The molecule has 41 heavy (non-hydrogen) atoms. The Morgan fingerprint density at radius 3 is 2.32 bits per heavy atom. The zero-order valence-electron chi connectivity index (χ0n) is 21.4. The summed E-state index contributed by atoms with van der Waals surface area (Å²) in [4.78, 5) is 7.61. The van der Waals surface area contributed by atoms with Crippen molar-refractivity contribution in [2.75, 3.05) is 6.26 Å². The number of alkyl halides is 3. The molecule has 3 aromatic carbocycles. The van der Waals surface area contributed by atoms with Gasteiger partial charge in [-0.1, -0.05) is 17.7 Å². The molecular weight excluding hydrogens is 586 g/mol. The van der Waals surface area contributed by atoms with E-state index in [1.807, 2.05) is 0 Å². The zero-order valence-corrected chi connectivity index (χ0v) is 22.9. The van der Waals surface area contributed by atoms with Crippen molar-refractivity contribution in [3.05, 3.63) is 95.1 Å². The average molecular weight is 606 g/mol. The Labute approximate surface area is 236 Å².